The maximum atomic E-state index is 5.41. The molecule has 0 fully saturated rings. The van der Waals surface area contributed by atoms with Gasteiger partial charge in [-0.25, -0.2) is 9.97 Å². The van der Waals surface area contributed by atoms with Crippen LogP contribution in [0.4, 0.5) is 5.82 Å². The SMILES string of the molecule is C=C(C)COCCNc1cc(Br)nc(CCC)n1. The minimum atomic E-state index is 0.607. The molecular formula is C13H20BrN3O. The van der Waals surface area contributed by atoms with Gasteiger partial charge in [-0.05, 0) is 29.3 Å². The number of hydrogen-bond donors (Lipinski definition) is 1. The molecule has 0 amide bonds. The Morgan fingerprint density at radius 2 is 2.28 bits per heavy atom. The highest BCUT2D eigenvalue weighted by Gasteiger charge is 2.01. The van der Waals surface area contributed by atoms with E-state index in [0.717, 1.165) is 41.2 Å². The van der Waals surface area contributed by atoms with Crippen molar-refractivity contribution in [3.05, 3.63) is 28.6 Å². The molecule has 0 aliphatic rings. The number of aryl methyl sites for hydroxylation is 1. The molecule has 0 saturated heterocycles. The van der Waals surface area contributed by atoms with E-state index in [2.05, 4.69) is 44.7 Å². The monoisotopic (exact) mass is 313 g/mol. The Balaban J connectivity index is 2.39. The third kappa shape index (κ3) is 6.12. The van der Waals surface area contributed by atoms with Gasteiger partial charge in [-0.3, -0.25) is 0 Å². The lowest BCUT2D eigenvalue weighted by molar-refractivity contribution is 0.167. The van der Waals surface area contributed by atoms with E-state index in [9.17, 15) is 0 Å². The molecule has 1 heterocycles. The van der Waals surface area contributed by atoms with E-state index < -0.39 is 0 Å². The third-order valence-corrected chi connectivity index (χ3v) is 2.52. The number of halogens is 1. The molecule has 0 atom stereocenters. The predicted octanol–water partition coefficient (Wildman–Crippen LogP) is 3.20. The van der Waals surface area contributed by atoms with Crippen LogP contribution in [0.3, 0.4) is 0 Å². The van der Waals surface area contributed by atoms with Crippen molar-refractivity contribution in [1.29, 1.82) is 0 Å². The zero-order valence-corrected chi connectivity index (χ0v) is 12.6. The minimum absolute atomic E-state index is 0.607. The second kappa shape index (κ2) is 8.21. The fourth-order valence-electron chi connectivity index (χ4n) is 1.39. The Morgan fingerprint density at radius 1 is 1.50 bits per heavy atom. The number of anilines is 1. The zero-order valence-electron chi connectivity index (χ0n) is 11.0. The van der Waals surface area contributed by atoms with E-state index >= 15 is 0 Å². The first-order valence-corrected chi connectivity index (χ1v) is 6.90. The highest BCUT2D eigenvalue weighted by atomic mass is 79.9. The fraction of sp³-hybridized carbons (Fsp3) is 0.538. The van der Waals surface area contributed by atoms with Crippen molar-refractivity contribution in [2.75, 3.05) is 25.1 Å². The van der Waals surface area contributed by atoms with Gasteiger partial charge in [0.2, 0.25) is 0 Å². The van der Waals surface area contributed by atoms with Crippen molar-refractivity contribution in [2.24, 2.45) is 0 Å². The average Bonchev–Trinajstić information content (AvgIpc) is 2.28. The molecule has 0 saturated carbocycles. The van der Waals surface area contributed by atoms with E-state index in [4.69, 9.17) is 4.74 Å². The Bertz CT molecular complexity index is 396. The summed E-state index contributed by atoms with van der Waals surface area (Å²) in [5.41, 5.74) is 1.03. The van der Waals surface area contributed by atoms with Crippen molar-refractivity contribution < 1.29 is 4.74 Å². The number of nitrogens with one attached hydrogen (secondary N) is 1. The molecule has 0 aliphatic carbocycles. The molecule has 4 nitrogen and oxygen atoms in total. The number of nitrogens with zero attached hydrogens (tertiary/aromatic N) is 2. The molecule has 0 aromatic carbocycles. The summed E-state index contributed by atoms with van der Waals surface area (Å²) in [6.45, 7) is 9.82. The van der Waals surface area contributed by atoms with Crippen LogP contribution in [-0.2, 0) is 11.2 Å². The Labute approximate surface area is 117 Å². The smallest absolute Gasteiger partial charge is 0.132 e. The number of rotatable bonds is 8. The molecule has 0 unspecified atom stereocenters. The van der Waals surface area contributed by atoms with Crippen molar-refractivity contribution in [2.45, 2.75) is 26.7 Å². The number of hydrogen-bond acceptors (Lipinski definition) is 4. The summed E-state index contributed by atoms with van der Waals surface area (Å²) in [4.78, 5) is 8.74. The van der Waals surface area contributed by atoms with Crippen molar-refractivity contribution in [1.82, 2.24) is 9.97 Å². The van der Waals surface area contributed by atoms with Crippen molar-refractivity contribution in [3.63, 3.8) is 0 Å². The van der Waals surface area contributed by atoms with Crippen LogP contribution < -0.4 is 5.32 Å². The van der Waals surface area contributed by atoms with Gasteiger partial charge in [-0.1, -0.05) is 19.1 Å². The van der Waals surface area contributed by atoms with Gasteiger partial charge in [0.15, 0.2) is 0 Å². The van der Waals surface area contributed by atoms with Crippen LogP contribution in [0, 0.1) is 0 Å². The topological polar surface area (TPSA) is 47.0 Å². The number of aromatic nitrogens is 2. The molecule has 0 spiro atoms. The van der Waals surface area contributed by atoms with Gasteiger partial charge >= 0.3 is 0 Å². The number of ether oxygens (including phenoxy) is 1. The first-order chi connectivity index (χ1) is 8.61. The fourth-order valence-corrected chi connectivity index (χ4v) is 1.81. The summed E-state index contributed by atoms with van der Waals surface area (Å²) in [5, 5.41) is 3.22. The van der Waals surface area contributed by atoms with E-state index in [-0.39, 0.29) is 0 Å². The van der Waals surface area contributed by atoms with E-state index in [0.29, 0.717) is 13.2 Å². The standard InChI is InChI=1S/C13H20BrN3O/c1-4-5-12-16-11(14)8-13(17-12)15-6-7-18-9-10(2)3/h8H,2,4-7,9H2,1,3H3,(H,15,16,17). The quantitative estimate of drug-likeness (QED) is 0.455. The van der Waals surface area contributed by atoms with Crippen molar-refractivity contribution >= 4 is 21.7 Å². The highest BCUT2D eigenvalue weighted by molar-refractivity contribution is 9.10. The molecule has 1 rings (SSSR count). The Morgan fingerprint density at radius 3 is 2.94 bits per heavy atom. The van der Waals surface area contributed by atoms with Crippen LogP contribution in [-0.4, -0.2) is 29.7 Å². The maximum absolute atomic E-state index is 5.41. The molecule has 100 valence electrons. The minimum Gasteiger partial charge on any atom is -0.375 e. The highest BCUT2D eigenvalue weighted by Crippen LogP contribution is 2.13. The maximum Gasteiger partial charge on any atom is 0.132 e. The Hall–Kier alpha value is -0.940. The molecule has 0 radical (unpaired) electrons. The van der Waals surface area contributed by atoms with Crippen LogP contribution in [0.15, 0.2) is 22.8 Å². The average molecular weight is 314 g/mol. The van der Waals surface area contributed by atoms with Crippen LogP contribution in [0.2, 0.25) is 0 Å². The van der Waals surface area contributed by atoms with Gasteiger partial charge in [-0.15, -0.1) is 0 Å². The van der Waals surface area contributed by atoms with Gasteiger partial charge < -0.3 is 10.1 Å². The summed E-state index contributed by atoms with van der Waals surface area (Å²) in [6, 6.07) is 1.87. The van der Waals surface area contributed by atoms with E-state index in [1.54, 1.807) is 0 Å². The van der Waals surface area contributed by atoms with Crippen LogP contribution in [0.25, 0.3) is 0 Å². The first kappa shape index (κ1) is 15.1. The van der Waals surface area contributed by atoms with E-state index in [1.165, 1.54) is 0 Å². The molecule has 0 bridgehead atoms. The summed E-state index contributed by atoms with van der Waals surface area (Å²) >= 11 is 3.39. The van der Waals surface area contributed by atoms with Gasteiger partial charge in [0.05, 0.1) is 13.2 Å². The molecule has 0 aliphatic heterocycles. The van der Waals surface area contributed by atoms with Crippen LogP contribution in [0.5, 0.6) is 0 Å². The second-order valence-electron chi connectivity index (χ2n) is 4.18. The Kier molecular flexibility index (Phi) is 6.90. The van der Waals surface area contributed by atoms with Crippen LogP contribution in [0.1, 0.15) is 26.1 Å². The predicted molar refractivity (Wildman–Crippen MR) is 77.8 cm³/mol. The molecule has 1 aromatic heterocycles. The molecule has 5 heteroatoms. The first-order valence-electron chi connectivity index (χ1n) is 6.11. The van der Waals surface area contributed by atoms with Crippen molar-refractivity contribution in [3.8, 4) is 0 Å². The lowest BCUT2D eigenvalue weighted by Crippen LogP contribution is -2.12. The summed E-state index contributed by atoms with van der Waals surface area (Å²) < 4.78 is 6.22. The molecule has 1 aromatic rings. The summed E-state index contributed by atoms with van der Waals surface area (Å²) in [5.74, 6) is 1.69. The zero-order chi connectivity index (χ0) is 13.4. The summed E-state index contributed by atoms with van der Waals surface area (Å²) in [6.07, 6.45) is 1.93. The summed E-state index contributed by atoms with van der Waals surface area (Å²) in [7, 11) is 0. The normalized spacial score (nSPS) is 10.4. The largest absolute Gasteiger partial charge is 0.375 e. The van der Waals surface area contributed by atoms with Gasteiger partial charge in [-0.2, -0.15) is 0 Å². The molecule has 18 heavy (non-hydrogen) atoms. The van der Waals surface area contributed by atoms with Gasteiger partial charge in [0.1, 0.15) is 16.2 Å². The molecule has 1 N–H and O–H groups in total. The van der Waals surface area contributed by atoms with Gasteiger partial charge in [0.25, 0.3) is 0 Å². The van der Waals surface area contributed by atoms with E-state index in [1.807, 2.05) is 13.0 Å². The lowest BCUT2D eigenvalue weighted by Gasteiger charge is -2.08. The van der Waals surface area contributed by atoms with Crippen LogP contribution >= 0.6 is 15.9 Å². The second-order valence-corrected chi connectivity index (χ2v) is 4.99. The molecular weight excluding hydrogens is 294 g/mol. The third-order valence-electron chi connectivity index (χ3n) is 2.12. The lowest BCUT2D eigenvalue weighted by atomic mass is 10.3. The van der Waals surface area contributed by atoms with Gasteiger partial charge in [0, 0.05) is 19.0 Å².